The van der Waals surface area contributed by atoms with Crippen LogP contribution in [0, 0.1) is 11.6 Å². The summed E-state index contributed by atoms with van der Waals surface area (Å²) in [5.74, 6) is -4.15. The lowest BCUT2D eigenvalue weighted by molar-refractivity contribution is -0.113. The van der Waals surface area contributed by atoms with Gasteiger partial charge in [0.1, 0.15) is 22.8 Å². The van der Waals surface area contributed by atoms with Crippen molar-refractivity contribution in [3.63, 3.8) is 0 Å². The first-order valence-corrected chi connectivity index (χ1v) is 11.9. The minimum atomic E-state index is -1.10. The number of nitrogens with zero attached hydrogens (tertiary/aromatic N) is 4. The normalized spacial score (nSPS) is 11.4. The molecule has 2 aromatic heterocycles. The summed E-state index contributed by atoms with van der Waals surface area (Å²) >= 11 is 7.01. The van der Waals surface area contributed by atoms with Crippen LogP contribution in [0.2, 0.25) is 5.15 Å². The van der Waals surface area contributed by atoms with Gasteiger partial charge in [-0.25, -0.2) is 13.6 Å². The summed E-state index contributed by atoms with van der Waals surface area (Å²) in [6.45, 7) is 1.39. The van der Waals surface area contributed by atoms with Gasteiger partial charge in [0.05, 0.1) is 4.88 Å². The number of ketones is 1. The quantitative estimate of drug-likeness (QED) is 0.0735. The number of carbonyl (C=O) groups excluding carboxylic acids is 2. The molecule has 0 saturated heterocycles. The van der Waals surface area contributed by atoms with Crippen molar-refractivity contribution in [2.45, 2.75) is 26.2 Å². The second-order valence-corrected chi connectivity index (χ2v) is 8.90. The van der Waals surface area contributed by atoms with E-state index in [4.69, 9.17) is 26.3 Å². The van der Waals surface area contributed by atoms with Gasteiger partial charge in [-0.2, -0.15) is 4.98 Å². The standard InChI is InChI=1S/C24H17ClF2N4O6S/c1-12(9-18-22(25)29-24(38-18)37-14-7-8-15(26)16(27)10-14)21(34)20-17(32)11-13(36-23(20)35)5-3-2-4-6-19(33)30-31-28/h4,6-11,32H,2-3,5H2,1H3/b6-4+,12-9+. The number of carbonyl (C=O) groups is 2. The summed E-state index contributed by atoms with van der Waals surface area (Å²) in [6, 6.07) is 4.09. The highest BCUT2D eigenvalue weighted by Crippen LogP contribution is 2.34. The predicted molar refractivity (Wildman–Crippen MR) is 134 cm³/mol. The van der Waals surface area contributed by atoms with E-state index in [1.807, 2.05) is 0 Å². The third-order valence-electron chi connectivity index (χ3n) is 4.80. The fraction of sp³-hybridized carbons (Fsp3) is 0.167. The molecule has 0 aliphatic rings. The lowest BCUT2D eigenvalue weighted by atomic mass is 10.0. The molecule has 1 N–H and O–H groups in total. The highest BCUT2D eigenvalue weighted by Gasteiger charge is 2.21. The van der Waals surface area contributed by atoms with Gasteiger partial charge in [-0.1, -0.05) is 29.0 Å². The van der Waals surface area contributed by atoms with Gasteiger partial charge in [0.15, 0.2) is 22.6 Å². The van der Waals surface area contributed by atoms with E-state index >= 15 is 0 Å². The molecule has 14 heteroatoms. The minimum Gasteiger partial charge on any atom is -0.507 e. The van der Waals surface area contributed by atoms with E-state index in [-0.39, 0.29) is 38.7 Å². The Hall–Kier alpha value is -4.32. The number of azide groups is 1. The number of hydrogen-bond donors (Lipinski definition) is 1. The van der Waals surface area contributed by atoms with Gasteiger partial charge in [0.2, 0.25) is 5.91 Å². The van der Waals surface area contributed by atoms with Crippen LogP contribution in [0.1, 0.15) is 40.8 Å². The van der Waals surface area contributed by atoms with Crippen LogP contribution in [-0.2, 0) is 11.2 Å². The summed E-state index contributed by atoms with van der Waals surface area (Å²) < 4.78 is 37.0. The van der Waals surface area contributed by atoms with E-state index in [9.17, 15) is 28.3 Å². The average Bonchev–Trinajstić information content (AvgIpc) is 3.19. The molecule has 0 radical (unpaired) electrons. The summed E-state index contributed by atoms with van der Waals surface area (Å²) in [6.07, 6.45) is 4.99. The molecule has 0 aliphatic carbocycles. The molecule has 0 aliphatic heterocycles. The molecule has 0 bridgehead atoms. The van der Waals surface area contributed by atoms with Crippen molar-refractivity contribution >= 4 is 40.7 Å². The van der Waals surface area contributed by atoms with E-state index in [1.54, 1.807) is 0 Å². The molecule has 0 fully saturated rings. The van der Waals surface area contributed by atoms with Crippen molar-refractivity contribution in [3.8, 4) is 16.7 Å². The number of aromatic nitrogens is 1. The van der Waals surface area contributed by atoms with Crippen molar-refractivity contribution in [1.29, 1.82) is 0 Å². The number of aromatic hydroxyl groups is 1. The van der Waals surface area contributed by atoms with Crippen LogP contribution in [0.5, 0.6) is 16.7 Å². The molecule has 0 spiro atoms. The monoisotopic (exact) mass is 562 g/mol. The van der Waals surface area contributed by atoms with Gasteiger partial charge < -0.3 is 14.3 Å². The Morgan fingerprint density at radius 2 is 2.08 bits per heavy atom. The van der Waals surface area contributed by atoms with Crippen molar-refractivity contribution in [2.75, 3.05) is 0 Å². The molecule has 0 saturated carbocycles. The zero-order chi connectivity index (χ0) is 27.8. The molecule has 10 nitrogen and oxygen atoms in total. The Bertz CT molecular complexity index is 1560. The maximum absolute atomic E-state index is 13.4. The van der Waals surface area contributed by atoms with E-state index < -0.39 is 40.3 Å². The predicted octanol–water partition coefficient (Wildman–Crippen LogP) is 6.53. The smallest absolute Gasteiger partial charge is 0.351 e. The zero-order valence-corrected chi connectivity index (χ0v) is 21.1. The van der Waals surface area contributed by atoms with Crippen LogP contribution in [-0.4, -0.2) is 21.8 Å². The van der Waals surface area contributed by atoms with Crippen molar-refractivity contribution in [3.05, 3.63) is 95.8 Å². The van der Waals surface area contributed by atoms with Gasteiger partial charge in [0, 0.05) is 23.5 Å². The molecule has 0 atom stereocenters. The topological polar surface area (TPSA) is 155 Å². The number of ether oxygens (including phenoxy) is 1. The molecule has 3 aromatic rings. The van der Waals surface area contributed by atoms with Gasteiger partial charge in [-0.05, 0) is 60.3 Å². The Balaban J connectivity index is 1.71. The fourth-order valence-corrected chi connectivity index (χ4v) is 4.17. The van der Waals surface area contributed by atoms with E-state index in [2.05, 4.69) is 15.0 Å². The summed E-state index contributed by atoms with van der Waals surface area (Å²) in [4.78, 5) is 43.0. The average molecular weight is 563 g/mol. The number of rotatable bonds is 10. The highest BCUT2D eigenvalue weighted by atomic mass is 35.5. The van der Waals surface area contributed by atoms with Gasteiger partial charge in [-0.15, -0.1) is 0 Å². The second kappa shape index (κ2) is 12.8. The largest absolute Gasteiger partial charge is 0.507 e. The number of aryl methyl sites for hydroxylation is 1. The number of benzene rings is 1. The SMILES string of the molecule is C/C(=C\c1sc(Oc2ccc(F)c(F)c2)nc1Cl)C(=O)c1c(O)cc(CCC/C=C/C(=O)N=[N+]=[N-])oc1=O. The molecule has 38 heavy (non-hydrogen) atoms. The number of halogens is 3. The number of hydrogen-bond acceptors (Lipinski definition) is 8. The molecule has 1 aromatic carbocycles. The molecule has 196 valence electrons. The molecular formula is C24H17ClF2N4O6S. The molecule has 1 amide bonds. The lowest BCUT2D eigenvalue weighted by Crippen LogP contribution is -2.16. The van der Waals surface area contributed by atoms with Crippen LogP contribution in [0.3, 0.4) is 0 Å². The first kappa shape index (κ1) is 28.3. The first-order valence-electron chi connectivity index (χ1n) is 10.7. The molecule has 0 unspecified atom stereocenters. The number of thiazole rings is 1. The number of amides is 1. The Kier molecular flexibility index (Phi) is 9.49. The van der Waals surface area contributed by atoms with Crippen LogP contribution in [0.15, 0.2) is 56.3 Å². The maximum atomic E-state index is 13.4. The van der Waals surface area contributed by atoms with Crippen LogP contribution in [0.4, 0.5) is 8.78 Å². The summed E-state index contributed by atoms with van der Waals surface area (Å²) in [5.41, 5.74) is 6.59. The van der Waals surface area contributed by atoms with E-state index in [0.717, 1.165) is 35.6 Å². The highest BCUT2D eigenvalue weighted by molar-refractivity contribution is 7.14. The van der Waals surface area contributed by atoms with Crippen LogP contribution in [0.25, 0.3) is 16.5 Å². The zero-order valence-electron chi connectivity index (χ0n) is 19.5. The third-order valence-corrected chi connectivity index (χ3v) is 6.08. The summed E-state index contributed by atoms with van der Waals surface area (Å²) in [7, 11) is 0. The molecule has 2 heterocycles. The van der Waals surface area contributed by atoms with E-state index in [1.165, 1.54) is 25.1 Å². The van der Waals surface area contributed by atoms with Crippen molar-refractivity contribution in [2.24, 2.45) is 5.11 Å². The van der Waals surface area contributed by atoms with Crippen LogP contribution < -0.4 is 10.4 Å². The molecule has 3 rings (SSSR count). The third kappa shape index (κ3) is 7.35. The fourth-order valence-electron chi connectivity index (χ4n) is 3.04. The van der Waals surface area contributed by atoms with Gasteiger partial charge in [-0.3, -0.25) is 9.59 Å². The maximum Gasteiger partial charge on any atom is 0.351 e. The van der Waals surface area contributed by atoms with Gasteiger partial charge >= 0.3 is 5.63 Å². The Morgan fingerprint density at radius 1 is 1.32 bits per heavy atom. The minimum absolute atomic E-state index is 0.00350. The Morgan fingerprint density at radius 3 is 2.76 bits per heavy atom. The van der Waals surface area contributed by atoms with Crippen molar-refractivity contribution in [1.82, 2.24) is 4.98 Å². The lowest BCUT2D eigenvalue weighted by Gasteiger charge is -2.05. The first-order chi connectivity index (χ1) is 18.1. The number of unbranched alkanes of at least 4 members (excludes halogenated alkanes) is 1. The van der Waals surface area contributed by atoms with Crippen molar-refractivity contribution < 1.29 is 32.6 Å². The Labute approximate surface area is 222 Å². The van der Waals surface area contributed by atoms with E-state index in [0.29, 0.717) is 12.8 Å². The van der Waals surface area contributed by atoms with Crippen LogP contribution >= 0.6 is 22.9 Å². The molecular weight excluding hydrogens is 546 g/mol. The second-order valence-electron chi connectivity index (χ2n) is 7.55. The number of Topliss-reactive ketones (excluding diaryl/α,β-unsaturated/α-hetero) is 1. The summed E-state index contributed by atoms with van der Waals surface area (Å²) in [5, 5.41) is 13.2. The van der Waals surface area contributed by atoms with Gasteiger partial charge in [0.25, 0.3) is 5.19 Å². The number of allylic oxidation sites excluding steroid dienone is 2.